The number of aromatic hydroxyl groups is 1. The molecule has 0 saturated heterocycles. The first kappa shape index (κ1) is 28.1. The van der Waals surface area contributed by atoms with Crippen molar-refractivity contribution in [1.29, 1.82) is 0 Å². The second-order valence-corrected chi connectivity index (χ2v) is 9.46. The number of ketones is 1. The summed E-state index contributed by atoms with van der Waals surface area (Å²) in [5.41, 5.74) is 0.790. The Morgan fingerprint density at radius 3 is 1.79 bits per heavy atom. The second kappa shape index (κ2) is 13.6. The smallest absolute Gasteiger partial charge is 0.243 e. The minimum absolute atomic E-state index is 0.119. The molecule has 0 unspecified atom stereocenters. The molecule has 0 spiro atoms. The SMILES string of the molecule is CC(=O)N[C@@H](CC(C)C)C(=O)N[C@@H](CCC(C)C)C(=O)N[C@@H](Cc1ccc(O)cc1)C(C)=O. The van der Waals surface area contributed by atoms with Gasteiger partial charge in [0.2, 0.25) is 17.7 Å². The summed E-state index contributed by atoms with van der Waals surface area (Å²) in [5.74, 6) is -0.767. The van der Waals surface area contributed by atoms with E-state index in [9.17, 15) is 24.3 Å². The molecule has 3 atom stereocenters. The minimum Gasteiger partial charge on any atom is -0.508 e. The molecule has 8 nitrogen and oxygen atoms in total. The van der Waals surface area contributed by atoms with Crippen molar-refractivity contribution < 1.29 is 24.3 Å². The number of carbonyl (C=O) groups is 4. The number of carbonyl (C=O) groups excluding carboxylic acids is 4. The van der Waals surface area contributed by atoms with Crippen LogP contribution in [0.2, 0.25) is 0 Å². The maximum Gasteiger partial charge on any atom is 0.243 e. The van der Waals surface area contributed by atoms with E-state index in [4.69, 9.17) is 0 Å². The summed E-state index contributed by atoms with van der Waals surface area (Å²) < 4.78 is 0. The highest BCUT2D eigenvalue weighted by Gasteiger charge is 2.29. The molecular formula is C25H39N3O5. The van der Waals surface area contributed by atoms with E-state index in [2.05, 4.69) is 16.0 Å². The number of rotatable bonds is 13. The third kappa shape index (κ3) is 11.0. The Bertz CT molecular complexity index is 805. The molecule has 0 aromatic heterocycles. The van der Waals surface area contributed by atoms with E-state index in [-0.39, 0.29) is 29.8 Å². The number of phenols is 1. The number of phenolic OH excluding ortho intramolecular Hbond substituents is 1. The van der Waals surface area contributed by atoms with Crippen LogP contribution in [0, 0.1) is 11.8 Å². The molecule has 33 heavy (non-hydrogen) atoms. The highest BCUT2D eigenvalue weighted by Crippen LogP contribution is 2.13. The Labute approximate surface area is 196 Å². The van der Waals surface area contributed by atoms with Crippen molar-refractivity contribution in [2.24, 2.45) is 11.8 Å². The standard InChI is InChI=1S/C25H39N3O5/c1-15(2)7-12-21(27-25(33)23(13-16(3)4)26-18(6)30)24(32)28-22(17(5)29)14-19-8-10-20(31)11-9-19/h8-11,15-16,21-23,31H,7,12-14H2,1-6H3,(H,26,30)(H,27,33)(H,28,32)/t21-,22-,23-/m0/s1. The van der Waals surface area contributed by atoms with Crippen LogP contribution in [0.1, 0.15) is 66.4 Å². The summed E-state index contributed by atoms with van der Waals surface area (Å²) in [4.78, 5) is 49.8. The second-order valence-electron chi connectivity index (χ2n) is 9.46. The van der Waals surface area contributed by atoms with E-state index in [0.717, 1.165) is 5.56 Å². The third-order valence-electron chi connectivity index (χ3n) is 5.25. The quantitative estimate of drug-likeness (QED) is 0.359. The van der Waals surface area contributed by atoms with Gasteiger partial charge in [0.25, 0.3) is 0 Å². The van der Waals surface area contributed by atoms with E-state index < -0.39 is 29.9 Å². The zero-order chi connectivity index (χ0) is 25.1. The molecule has 0 saturated carbocycles. The monoisotopic (exact) mass is 461 g/mol. The van der Waals surface area contributed by atoms with Crippen molar-refractivity contribution in [2.45, 2.75) is 85.4 Å². The third-order valence-corrected chi connectivity index (χ3v) is 5.25. The largest absolute Gasteiger partial charge is 0.508 e. The van der Waals surface area contributed by atoms with Gasteiger partial charge in [-0.15, -0.1) is 0 Å². The molecule has 184 valence electrons. The van der Waals surface area contributed by atoms with Crippen LogP contribution in [0.3, 0.4) is 0 Å². The van der Waals surface area contributed by atoms with Crippen LogP contribution in [-0.4, -0.2) is 46.7 Å². The number of nitrogens with one attached hydrogen (secondary N) is 3. The molecule has 8 heteroatoms. The first-order valence-electron chi connectivity index (χ1n) is 11.5. The van der Waals surface area contributed by atoms with E-state index in [1.54, 1.807) is 12.1 Å². The first-order valence-corrected chi connectivity index (χ1v) is 11.5. The molecule has 0 aliphatic carbocycles. The van der Waals surface area contributed by atoms with Crippen molar-refractivity contribution >= 4 is 23.5 Å². The van der Waals surface area contributed by atoms with Crippen LogP contribution in [0.5, 0.6) is 5.75 Å². The van der Waals surface area contributed by atoms with Crippen molar-refractivity contribution in [3.63, 3.8) is 0 Å². The van der Waals surface area contributed by atoms with Crippen molar-refractivity contribution in [3.05, 3.63) is 29.8 Å². The van der Waals surface area contributed by atoms with Crippen LogP contribution in [0.25, 0.3) is 0 Å². The summed E-state index contributed by atoms with van der Waals surface area (Å²) in [7, 11) is 0. The van der Waals surface area contributed by atoms with Crippen LogP contribution in [-0.2, 0) is 25.6 Å². The summed E-state index contributed by atoms with van der Waals surface area (Å²) in [5, 5.41) is 17.7. The van der Waals surface area contributed by atoms with Gasteiger partial charge in [-0.05, 0) is 62.1 Å². The van der Waals surface area contributed by atoms with Gasteiger partial charge in [0.1, 0.15) is 17.8 Å². The van der Waals surface area contributed by atoms with Gasteiger partial charge in [-0.1, -0.05) is 39.8 Å². The molecule has 4 N–H and O–H groups in total. The lowest BCUT2D eigenvalue weighted by molar-refractivity contribution is -0.133. The van der Waals surface area contributed by atoms with Crippen LogP contribution < -0.4 is 16.0 Å². The maximum atomic E-state index is 13.1. The Hall–Kier alpha value is -2.90. The van der Waals surface area contributed by atoms with Gasteiger partial charge in [-0.3, -0.25) is 19.2 Å². The molecule has 1 rings (SSSR count). The predicted molar refractivity (Wildman–Crippen MR) is 127 cm³/mol. The number of amides is 3. The van der Waals surface area contributed by atoms with Gasteiger partial charge in [0, 0.05) is 6.92 Å². The van der Waals surface area contributed by atoms with Gasteiger partial charge < -0.3 is 21.1 Å². The molecular weight excluding hydrogens is 422 g/mol. The number of Topliss-reactive ketones (excluding diaryl/α,β-unsaturated/α-hetero) is 1. The Morgan fingerprint density at radius 1 is 0.758 bits per heavy atom. The van der Waals surface area contributed by atoms with E-state index in [1.807, 2.05) is 27.7 Å². The Balaban J connectivity index is 2.98. The maximum absolute atomic E-state index is 13.1. The van der Waals surface area contributed by atoms with E-state index >= 15 is 0 Å². The van der Waals surface area contributed by atoms with Crippen molar-refractivity contribution in [1.82, 2.24) is 16.0 Å². The fourth-order valence-corrected chi connectivity index (χ4v) is 3.43. The summed E-state index contributed by atoms with van der Waals surface area (Å²) in [6.45, 7) is 10.7. The van der Waals surface area contributed by atoms with Crippen LogP contribution in [0.4, 0.5) is 0 Å². The van der Waals surface area contributed by atoms with Gasteiger partial charge >= 0.3 is 0 Å². The Kier molecular flexibility index (Phi) is 11.6. The molecule has 0 radical (unpaired) electrons. The summed E-state index contributed by atoms with van der Waals surface area (Å²) >= 11 is 0. The fraction of sp³-hybridized carbons (Fsp3) is 0.600. The molecule has 0 heterocycles. The molecule has 0 fully saturated rings. The fourth-order valence-electron chi connectivity index (χ4n) is 3.43. The van der Waals surface area contributed by atoms with E-state index in [0.29, 0.717) is 25.2 Å². The molecule has 0 aliphatic heterocycles. The molecule has 3 amide bonds. The van der Waals surface area contributed by atoms with Crippen molar-refractivity contribution in [2.75, 3.05) is 0 Å². The normalized spacial score (nSPS) is 13.8. The minimum atomic E-state index is -0.829. The zero-order valence-corrected chi connectivity index (χ0v) is 20.6. The average molecular weight is 462 g/mol. The van der Waals surface area contributed by atoms with Gasteiger partial charge in [0.15, 0.2) is 5.78 Å². The zero-order valence-electron chi connectivity index (χ0n) is 20.6. The lowest BCUT2D eigenvalue weighted by atomic mass is 9.99. The van der Waals surface area contributed by atoms with Gasteiger partial charge in [-0.25, -0.2) is 0 Å². The molecule has 1 aromatic carbocycles. The first-order chi connectivity index (χ1) is 15.4. The lowest BCUT2D eigenvalue weighted by Gasteiger charge is -2.26. The number of hydrogen-bond donors (Lipinski definition) is 4. The molecule has 0 aliphatic rings. The lowest BCUT2D eigenvalue weighted by Crippen LogP contribution is -2.56. The number of benzene rings is 1. The highest BCUT2D eigenvalue weighted by atomic mass is 16.3. The molecule has 0 bridgehead atoms. The highest BCUT2D eigenvalue weighted by molar-refractivity contribution is 5.94. The topological polar surface area (TPSA) is 125 Å². The van der Waals surface area contributed by atoms with Crippen molar-refractivity contribution in [3.8, 4) is 5.75 Å². The summed E-state index contributed by atoms with van der Waals surface area (Å²) in [6.07, 6.45) is 1.83. The van der Waals surface area contributed by atoms with E-state index in [1.165, 1.54) is 26.0 Å². The van der Waals surface area contributed by atoms with Crippen LogP contribution >= 0.6 is 0 Å². The predicted octanol–water partition coefficient (Wildman–Crippen LogP) is 2.48. The van der Waals surface area contributed by atoms with Gasteiger partial charge in [-0.2, -0.15) is 0 Å². The van der Waals surface area contributed by atoms with Gasteiger partial charge in [0.05, 0.1) is 6.04 Å². The summed E-state index contributed by atoms with van der Waals surface area (Å²) in [6, 6.07) is 4.11. The number of hydrogen-bond acceptors (Lipinski definition) is 5. The van der Waals surface area contributed by atoms with Crippen LogP contribution in [0.15, 0.2) is 24.3 Å². The average Bonchev–Trinajstić information content (AvgIpc) is 2.70. The molecule has 1 aromatic rings. The Morgan fingerprint density at radius 2 is 1.30 bits per heavy atom.